The lowest BCUT2D eigenvalue weighted by molar-refractivity contribution is -0.104. The highest BCUT2D eigenvalue weighted by Gasteiger charge is 2.16. The molecule has 0 bridgehead atoms. The van der Waals surface area contributed by atoms with E-state index >= 15 is 0 Å². The van der Waals surface area contributed by atoms with Crippen molar-refractivity contribution < 1.29 is 14.3 Å². The van der Waals surface area contributed by atoms with E-state index in [0.29, 0.717) is 11.4 Å². The second-order valence-corrected chi connectivity index (χ2v) is 5.25. The average molecular weight is 254 g/mol. The average Bonchev–Trinajstić information content (AvgIpc) is 2.59. The molecule has 0 aliphatic rings. The highest BCUT2D eigenvalue weighted by Crippen LogP contribution is 2.20. The van der Waals surface area contributed by atoms with E-state index in [2.05, 4.69) is 10.3 Å². The van der Waals surface area contributed by atoms with Gasteiger partial charge < -0.3 is 4.74 Å². The van der Waals surface area contributed by atoms with Gasteiger partial charge >= 0.3 is 6.09 Å². The number of rotatable bonds is 3. The third-order valence-corrected chi connectivity index (χ3v) is 2.35. The first-order chi connectivity index (χ1) is 7.90. The molecule has 1 heterocycles. The van der Waals surface area contributed by atoms with Crippen molar-refractivity contribution in [1.82, 2.24) is 4.98 Å². The van der Waals surface area contributed by atoms with Gasteiger partial charge in [0.2, 0.25) is 0 Å². The Balaban J connectivity index is 2.57. The molecule has 5 nitrogen and oxygen atoms in total. The summed E-state index contributed by atoms with van der Waals surface area (Å²) in [7, 11) is 0. The quantitative estimate of drug-likeness (QED) is 0.665. The third kappa shape index (κ3) is 5.26. The minimum atomic E-state index is -0.544. The van der Waals surface area contributed by atoms with Crippen molar-refractivity contribution in [3.05, 3.63) is 17.2 Å². The molecule has 6 heteroatoms. The molecule has 0 saturated heterocycles. The molecule has 0 radical (unpaired) electrons. The van der Waals surface area contributed by atoms with Crippen molar-refractivity contribution in [2.75, 3.05) is 5.32 Å². The lowest BCUT2D eigenvalue weighted by atomic mass is 10.2. The minimum Gasteiger partial charge on any atom is -0.444 e. The van der Waals surface area contributed by atoms with Crippen LogP contribution in [0, 0.1) is 0 Å². The molecule has 1 rings (SSSR count). The number of aldehydes is 1. The van der Waals surface area contributed by atoms with E-state index in [4.69, 9.17) is 4.74 Å². The van der Waals surface area contributed by atoms with E-state index in [0.717, 1.165) is 4.88 Å². The second-order valence-electron chi connectivity index (χ2n) is 4.19. The van der Waals surface area contributed by atoms with E-state index < -0.39 is 11.7 Å². The van der Waals surface area contributed by atoms with Crippen LogP contribution >= 0.6 is 11.3 Å². The summed E-state index contributed by atoms with van der Waals surface area (Å²) in [6, 6.07) is 0. The zero-order valence-electron chi connectivity index (χ0n) is 9.89. The number of nitrogens with one attached hydrogen (secondary N) is 1. The van der Waals surface area contributed by atoms with E-state index in [1.165, 1.54) is 17.4 Å². The van der Waals surface area contributed by atoms with Crippen LogP contribution < -0.4 is 5.32 Å². The predicted molar refractivity (Wildman–Crippen MR) is 67.1 cm³/mol. The van der Waals surface area contributed by atoms with Crippen molar-refractivity contribution in [1.29, 1.82) is 0 Å². The fourth-order valence-electron chi connectivity index (χ4n) is 0.946. The Morgan fingerprint density at radius 1 is 1.53 bits per heavy atom. The molecule has 0 aliphatic carbocycles. The van der Waals surface area contributed by atoms with Gasteiger partial charge in [-0.05, 0) is 32.9 Å². The number of carbonyl (C=O) groups is 2. The predicted octanol–water partition coefficient (Wildman–Crippen LogP) is 2.70. The molecule has 0 aliphatic heterocycles. The number of aromatic nitrogens is 1. The monoisotopic (exact) mass is 254 g/mol. The van der Waals surface area contributed by atoms with Gasteiger partial charge in [0.1, 0.15) is 11.9 Å². The molecule has 0 aromatic carbocycles. The van der Waals surface area contributed by atoms with Gasteiger partial charge in [0.05, 0.1) is 0 Å². The van der Waals surface area contributed by atoms with Gasteiger partial charge in [0, 0.05) is 11.1 Å². The van der Waals surface area contributed by atoms with Crippen LogP contribution in [0.3, 0.4) is 0 Å². The van der Waals surface area contributed by atoms with Crippen molar-refractivity contribution in [3.8, 4) is 0 Å². The van der Waals surface area contributed by atoms with Crippen molar-refractivity contribution in [3.63, 3.8) is 0 Å². The molecule has 17 heavy (non-hydrogen) atoms. The van der Waals surface area contributed by atoms with Crippen molar-refractivity contribution in [2.24, 2.45) is 0 Å². The van der Waals surface area contributed by atoms with Gasteiger partial charge in [-0.25, -0.2) is 9.78 Å². The highest BCUT2D eigenvalue weighted by molar-refractivity contribution is 7.16. The maximum atomic E-state index is 11.4. The normalized spacial score (nSPS) is 11.5. The van der Waals surface area contributed by atoms with E-state index in [1.807, 2.05) is 0 Å². The number of thiazole rings is 1. The lowest BCUT2D eigenvalue weighted by Gasteiger charge is -2.18. The molecule has 0 spiro atoms. The molecule has 1 aromatic heterocycles. The summed E-state index contributed by atoms with van der Waals surface area (Å²) in [6.07, 6.45) is 4.69. The molecule has 0 fully saturated rings. The van der Waals surface area contributed by atoms with Crippen molar-refractivity contribution in [2.45, 2.75) is 26.4 Å². The van der Waals surface area contributed by atoms with Crippen LogP contribution in [0.15, 0.2) is 12.3 Å². The van der Waals surface area contributed by atoms with Gasteiger partial charge in [0.15, 0.2) is 5.13 Å². The van der Waals surface area contributed by atoms with Crippen molar-refractivity contribution >= 4 is 34.9 Å². The smallest absolute Gasteiger partial charge is 0.413 e. The molecule has 0 saturated carbocycles. The number of amides is 1. The zero-order valence-corrected chi connectivity index (χ0v) is 10.7. The highest BCUT2D eigenvalue weighted by atomic mass is 32.1. The first kappa shape index (κ1) is 13.4. The summed E-state index contributed by atoms with van der Waals surface area (Å²) in [5.74, 6) is 0. The summed E-state index contributed by atoms with van der Waals surface area (Å²) in [4.78, 5) is 26.3. The number of hydrogen-bond acceptors (Lipinski definition) is 5. The van der Waals surface area contributed by atoms with Crippen LogP contribution in [0.1, 0.15) is 25.6 Å². The van der Waals surface area contributed by atoms with Crippen LogP contribution in [0.4, 0.5) is 9.93 Å². The Bertz CT molecular complexity index is 432. The maximum Gasteiger partial charge on any atom is 0.413 e. The number of allylic oxidation sites excluding steroid dienone is 1. The SMILES string of the molecule is CC(C)(C)OC(=O)Nc1ncc(C=CC=O)s1. The molecular formula is C11H14N2O3S. The number of anilines is 1. The first-order valence-corrected chi connectivity index (χ1v) is 5.80. The second kappa shape index (κ2) is 5.58. The fourth-order valence-corrected chi connectivity index (χ4v) is 1.66. The van der Waals surface area contributed by atoms with Crippen LogP contribution in [0.5, 0.6) is 0 Å². The van der Waals surface area contributed by atoms with E-state index in [-0.39, 0.29) is 0 Å². The Labute approximate surface area is 104 Å². The van der Waals surface area contributed by atoms with Gasteiger partial charge in [-0.2, -0.15) is 0 Å². The molecular weight excluding hydrogens is 240 g/mol. The molecule has 0 unspecified atom stereocenters. The minimum absolute atomic E-state index is 0.435. The Morgan fingerprint density at radius 2 is 2.24 bits per heavy atom. The summed E-state index contributed by atoms with van der Waals surface area (Å²) in [5, 5.41) is 2.95. The van der Waals surface area contributed by atoms with Gasteiger partial charge in [-0.3, -0.25) is 10.1 Å². The van der Waals surface area contributed by atoms with E-state index in [1.54, 1.807) is 33.0 Å². The first-order valence-electron chi connectivity index (χ1n) is 4.98. The maximum absolute atomic E-state index is 11.4. The molecule has 1 aromatic rings. The number of hydrogen-bond donors (Lipinski definition) is 1. The molecule has 0 atom stereocenters. The number of carbonyl (C=O) groups excluding carboxylic acids is 2. The third-order valence-electron chi connectivity index (χ3n) is 1.47. The Hall–Kier alpha value is -1.69. The summed E-state index contributed by atoms with van der Waals surface area (Å²) in [5.41, 5.74) is -0.540. The molecule has 1 N–H and O–H groups in total. The topological polar surface area (TPSA) is 68.3 Å². The van der Waals surface area contributed by atoms with Gasteiger partial charge in [-0.1, -0.05) is 11.3 Å². The Morgan fingerprint density at radius 3 is 2.82 bits per heavy atom. The molecule has 1 amide bonds. The van der Waals surface area contributed by atoms with Crippen LogP contribution in [0.25, 0.3) is 6.08 Å². The van der Waals surface area contributed by atoms with E-state index in [9.17, 15) is 9.59 Å². The standard InChI is InChI=1S/C11H14N2O3S/c1-11(2,3)16-10(15)13-9-12-7-8(17-9)5-4-6-14/h4-7H,1-3H3,(H,12,13,15). The van der Waals surface area contributed by atoms with Gasteiger partial charge in [0.25, 0.3) is 0 Å². The summed E-state index contributed by atoms with van der Waals surface area (Å²) < 4.78 is 5.07. The number of nitrogens with zero attached hydrogens (tertiary/aromatic N) is 1. The van der Waals surface area contributed by atoms with Crippen LogP contribution in [-0.4, -0.2) is 23.0 Å². The zero-order chi connectivity index (χ0) is 12.9. The largest absolute Gasteiger partial charge is 0.444 e. The summed E-state index contributed by atoms with van der Waals surface area (Å²) in [6.45, 7) is 5.35. The van der Waals surface area contributed by atoms with Gasteiger partial charge in [-0.15, -0.1) is 0 Å². The van der Waals surface area contributed by atoms with Crippen LogP contribution in [-0.2, 0) is 9.53 Å². The lowest BCUT2D eigenvalue weighted by Crippen LogP contribution is -2.27. The molecule has 92 valence electrons. The Kier molecular flexibility index (Phi) is 4.39. The fraction of sp³-hybridized carbons (Fsp3) is 0.364. The number of ether oxygens (including phenoxy) is 1. The summed E-state index contributed by atoms with van der Waals surface area (Å²) >= 11 is 1.26. The van der Waals surface area contributed by atoms with Crippen LogP contribution in [0.2, 0.25) is 0 Å².